The number of pyridine rings is 1. The van der Waals surface area contributed by atoms with E-state index in [2.05, 4.69) is 16.9 Å². The summed E-state index contributed by atoms with van der Waals surface area (Å²) in [6.07, 6.45) is 4.92. The fourth-order valence-electron chi connectivity index (χ4n) is 4.55. The first kappa shape index (κ1) is 27.2. The zero-order chi connectivity index (χ0) is 27.3. The number of aromatic hydroxyl groups is 1. The molecule has 0 bridgehead atoms. The summed E-state index contributed by atoms with van der Waals surface area (Å²) in [6.45, 7) is 3.98. The van der Waals surface area contributed by atoms with Gasteiger partial charge in [0.25, 0.3) is 5.56 Å². The van der Waals surface area contributed by atoms with Gasteiger partial charge in [-0.25, -0.2) is 13.4 Å². The second kappa shape index (κ2) is 11.7. The second-order valence-corrected chi connectivity index (χ2v) is 10.9. The molecule has 0 aliphatic rings. The van der Waals surface area contributed by atoms with E-state index in [1.54, 1.807) is 12.1 Å². The Morgan fingerprint density at radius 3 is 2.24 bits per heavy atom. The first-order valence-corrected chi connectivity index (χ1v) is 14.1. The van der Waals surface area contributed by atoms with E-state index in [0.717, 1.165) is 24.8 Å². The maximum atomic E-state index is 13.9. The Labute approximate surface area is 221 Å². The topological polar surface area (TPSA) is 102 Å². The Hall–Kier alpha value is -3.85. The standard InChI is InChI=1S/C29H30FN3O4S/c1-3-5-7-12-26-32-28(34)27(29(35)33(26)24(4-2)21-10-8-6-9-11-21)38(36,37)23-16-13-20(14-17-23)22-15-18-25(30)31-19-22/h6,8-11,13-19,24,34H,3-5,7,12H2,1-2H3/t24-/m0/s1. The number of hydrogen-bond acceptors (Lipinski definition) is 6. The van der Waals surface area contributed by atoms with Crippen LogP contribution in [0.25, 0.3) is 11.1 Å². The van der Waals surface area contributed by atoms with Crippen LogP contribution in [0.15, 0.2) is 87.5 Å². The molecule has 0 unspecified atom stereocenters. The molecule has 0 saturated carbocycles. The van der Waals surface area contributed by atoms with Crippen LogP contribution >= 0.6 is 0 Å². The first-order chi connectivity index (χ1) is 18.3. The quantitative estimate of drug-likeness (QED) is 0.206. The highest BCUT2D eigenvalue weighted by Crippen LogP contribution is 2.30. The van der Waals surface area contributed by atoms with Crippen LogP contribution in [0.1, 0.15) is 57.0 Å². The molecule has 4 aromatic rings. The molecule has 2 aromatic heterocycles. The molecule has 0 fully saturated rings. The Morgan fingerprint density at radius 1 is 0.947 bits per heavy atom. The van der Waals surface area contributed by atoms with Crippen molar-refractivity contribution in [3.05, 3.63) is 101 Å². The predicted molar refractivity (Wildman–Crippen MR) is 143 cm³/mol. The molecule has 198 valence electrons. The Bertz CT molecular complexity index is 1550. The van der Waals surface area contributed by atoms with Gasteiger partial charge in [0.05, 0.1) is 10.9 Å². The molecular weight excluding hydrogens is 505 g/mol. The molecule has 0 aliphatic carbocycles. The highest BCUT2D eigenvalue weighted by molar-refractivity contribution is 7.91. The predicted octanol–water partition coefficient (Wildman–Crippen LogP) is 5.71. The average Bonchev–Trinajstić information content (AvgIpc) is 2.91. The Balaban J connectivity index is 1.83. The van der Waals surface area contributed by atoms with E-state index in [1.807, 2.05) is 37.3 Å². The third kappa shape index (κ3) is 5.52. The summed E-state index contributed by atoms with van der Waals surface area (Å²) < 4.78 is 41.9. The summed E-state index contributed by atoms with van der Waals surface area (Å²) in [6, 6.07) is 17.5. The van der Waals surface area contributed by atoms with Crippen LogP contribution in [0.5, 0.6) is 5.88 Å². The van der Waals surface area contributed by atoms with Gasteiger partial charge in [-0.15, -0.1) is 0 Å². The van der Waals surface area contributed by atoms with E-state index in [9.17, 15) is 22.7 Å². The summed E-state index contributed by atoms with van der Waals surface area (Å²) >= 11 is 0. The van der Waals surface area contributed by atoms with Crippen molar-refractivity contribution in [1.29, 1.82) is 0 Å². The summed E-state index contributed by atoms with van der Waals surface area (Å²) in [5.41, 5.74) is 1.28. The molecule has 0 spiro atoms. The van der Waals surface area contributed by atoms with Crippen LogP contribution < -0.4 is 5.56 Å². The lowest BCUT2D eigenvalue weighted by atomic mass is 10.0. The van der Waals surface area contributed by atoms with Gasteiger partial charge in [0, 0.05) is 18.2 Å². The summed E-state index contributed by atoms with van der Waals surface area (Å²) in [4.78, 5) is 20.9. The number of rotatable bonds is 10. The number of halogens is 1. The highest BCUT2D eigenvalue weighted by atomic mass is 32.2. The number of benzene rings is 2. The molecule has 7 nitrogen and oxygen atoms in total. The van der Waals surface area contributed by atoms with Gasteiger partial charge in [0.2, 0.25) is 21.7 Å². The van der Waals surface area contributed by atoms with Gasteiger partial charge < -0.3 is 5.11 Å². The highest BCUT2D eigenvalue weighted by Gasteiger charge is 2.31. The zero-order valence-corrected chi connectivity index (χ0v) is 22.2. The molecular formula is C29H30FN3O4S. The lowest BCUT2D eigenvalue weighted by molar-refractivity contribution is 0.406. The molecule has 0 radical (unpaired) electrons. The van der Waals surface area contributed by atoms with E-state index in [1.165, 1.54) is 35.0 Å². The van der Waals surface area contributed by atoms with Crippen LogP contribution in [0, 0.1) is 5.95 Å². The number of nitrogens with zero attached hydrogens (tertiary/aromatic N) is 3. The lowest BCUT2D eigenvalue weighted by Gasteiger charge is -2.23. The Morgan fingerprint density at radius 2 is 1.63 bits per heavy atom. The van der Waals surface area contributed by atoms with Crippen LogP contribution in [0.3, 0.4) is 0 Å². The molecule has 0 amide bonds. The van der Waals surface area contributed by atoms with Crippen molar-refractivity contribution < 1.29 is 17.9 Å². The van der Waals surface area contributed by atoms with E-state index in [-0.39, 0.29) is 4.90 Å². The van der Waals surface area contributed by atoms with Crippen molar-refractivity contribution in [1.82, 2.24) is 14.5 Å². The number of aromatic nitrogens is 3. The normalized spacial score (nSPS) is 12.4. The minimum Gasteiger partial charge on any atom is -0.492 e. The minimum atomic E-state index is -4.42. The third-order valence-corrected chi connectivity index (χ3v) is 8.30. The third-order valence-electron chi connectivity index (χ3n) is 6.51. The minimum absolute atomic E-state index is 0.163. The summed E-state index contributed by atoms with van der Waals surface area (Å²) in [5, 5.41) is 10.8. The van der Waals surface area contributed by atoms with E-state index < -0.39 is 38.2 Å². The number of sulfone groups is 1. The molecule has 0 saturated heterocycles. The van der Waals surface area contributed by atoms with Crippen molar-refractivity contribution in [2.24, 2.45) is 0 Å². The maximum Gasteiger partial charge on any atom is 0.277 e. The molecule has 2 aromatic carbocycles. The van der Waals surface area contributed by atoms with Crippen molar-refractivity contribution >= 4 is 9.84 Å². The largest absolute Gasteiger partial charge is 0.492 e. The van der Waals surface area contributed by atoms with Crippen LogP contribution in [-0.4, -0.2) is 28.1 Å². The van der Waals surface area contributed by atoms with Gasteiger partial charge in [0.15, 0.2) is 4.90 Å². The first-order valence-electron chi connectivity index (χ1n) is 12.6. The molecule has 9 heteroatoms. The maximum absolute atomic E-state index is 13.9. The molecule has 4 rings (SSSR count). The molecule has 2 heterocycles. The summed E-state index contributed by atoms with van der Waals surface area (Å²) in [5.74, 6) is -1.06. The van der Waals surface area contributed by atoms with Crippen LogP contribution in [0.4, 0.5) is 4.39 Å². The fourth-order valence-corrected chi connectivity index (χ4v) is 5.89. The number of aryl methyl sites for hydroxylation is 1. The summed E-state index contributed by atoms with van der Waals surface area (Å²) in [7, 11) is -4.42. The monoisotopic (exact) mass is 535 g/mol. The van der Waals surface area contributed by atoms with Crippen LogP contribution in [0.2, 0.25) is 0 Å². The average molecular weight is 536 g/mol. The smallest absolute Gasteiger partial charge is 0.277 e. The van der Waals surface area contributed by atoms with Gasteiger partial charge in [-0.1, -0.05) is 69.2 Å². The number of hydrogen-bond donors (Lipinski definition) is 1. The van der Waals surface area contributed by atoms with Crippen molar-refractivity contribution in [2.45, 2.75) is 61.8 Å². The van der Waals surface area contributed by atoms with Crippen LogP contribution in [-0.2, 0) is 16.3 Å². The lowest BCUT2D eigenvalue weighted by Crippen LogP contribution is -2.33. The van der Waals surface area contributed by atoms with Gasteiger partial charge in [-0.05, 0) is 48.2 Å². The molecule has 1 N–H and O–H groups in total. The van der Waals surface area contributed by atoms with Gasteiger partial charge in [-0.2, -0.15) is 9.37 Å². The van der Waals surface area contributed by atoms with Gasteiger partial charge in [0.1, 0.15) is 5.82 Å². The Kier molecular flexibility index (Phi) is 8.36. The van der Waals surface area contributed by atoms with Gasteiger partial charge in [-0.3, -0.25) is 9.36 Å². The van der Waals surface area contributed by atoms with Crippen molar-refractivity contribution in [2.75, 3.05) is 0 Å². The fraction of sp³-hybridized carbons (Fsp3) is 0.276. The second-order valence-electron chi connectivity index (χ2n) is 9.05. The van der Waals surface area contributed by atoms with E-state index in [0.29, 0.717) is 29.8 Å². The number of unbranched alkanes of at least 4 members (excludes halogenated alkanes) is 2. The zero-order valence-electron chi connectivity index (χ0n) is 21.3. The van der Waals surface area contributed by atoms with E-state index in [4.69, 9.17) is 0 Å². The van der Waals surface area contributed by atoms with Crippen molar-refractivity contribution in [3.8, 4) is 17.0 Å². The SMILES string of the molecule is CCCCCc1nc(O)c(S(=O)(=O)c2ccc(-c3ccc(F)nc3)cc2)c(=O)n1[C@@H](CC)c1ccccc1. The van der Waals surface area contributed by atoms with E-state index >= 15 is 0 Å². The molecule has 0 aliphatic heterocycles. The molecule has 38 heavy (non-hydrogen) atoms. The van der Waals surface area contributed by atoms with Gasteiger partial charge >= 0.3 is 0 Å². The van der Waals surface area contributed by atoms with Crippen molar-refractivity contribution in [3.63, 3.8) is 0 Å². The molecule has 1 atom stereocenters.